The predicted octanol–water partition coefficient (Wildman–Crippen LogP) is 0.267. The molecule has 0 bridgehead atoms. The minimum Gasteiger partial charge on any atom is -0.463 e. The van der Waals surface area contributed by atoms with Crippen molar-refractivity contribution in [2.75, 3.05) is 19.8 Å². The number of rotatable bonds is 16. The molecule has 0 N–H and O–H groups in total. The van der Waals surface area contributed by atoms with Gasteiger partial charge in [-0.05, 0) is 12.1 Å². The van der Waals surface area contributed by atoms with Crippen LogP contribution >= 0.6 is 0 Å². The van der Waals surface area contributed by atoms with Crippen molar-refractivity contribution in [1.82, 2.24) is 0 Å². The molecule has 1 aromatic carbocycles. The van der Waals surface area contributed by atoms with E-state index in [1.807, 2.05) is 0 Å². The maximum Gasteiger partial charge on any atom is 0.303 e. The van der Waals surface area contributed by atoms with Crippen LogP contribution in [0, 0.1) is 10.1 Å². The van der Waals surface area contributed by atoms with Crippen LogP contribution in [0.1, 0.15) is 55.4 Å². The van der Waals surface area contributed by atoms with Crippen LogP contribution in [-0.2, 0) is 99.9 Å². The standard InChI is InChI=1S/C38H47NO24/c1-16(40)50-13-27-29(32(56-20(5)44)35(59-23(8)47)38(62-27)60-25-11-9-24(10-12-25)39(48)49)63-37-34(58-22(7)46)31(55-19(4)43)28(15-52-37)61-36-33(57-21(6)45)30(54-18(3)42)26(14-51-36)53-17(2)41/h9-12,26-38H,13-15H2,1-8H3/t26-,27-,28-,29-,30+,31+,32+,33-,34-,35-,36+,37+,38-/m1/s1. The summed E-state index contributed by atoms with van der Waals surface area (Å²) in [5.74, 6) is -7.14. The molecule has 0 radical (unpaired) electrons. The van der Waals surface area contributed by atoms with Crippen LogP contribution in [0.4, 0.5) is 5.69 Å². The van der Waals surface area contributed by atoms with Gasteiger partial charge in [0, 0.05) is 67.5 Å². The van der Waals surface area contributed by atoms with Gasteiger partial charge in [0.2, 0.25) is 12.4 Å². The van der Waals surface area contributed by atoms with Crippen LogP contribution in [-0.4, -0.2) is 152 Å². The lowest BCUT2D eigenvalue weighted by molar-refractivity contribution is -0.384. The van der Waals surface area contributed by atoms with Gasteiger partial charge < -0.3 is 66.3 Å². The van der Waals surface area contributed by atoms with Gasteiger partial charge in [0.05, 0.1) is 18.1 Å². The average Bonchev–Trinajstić information content (AvgIpc) is 3.16. The highest BCUT2D eigenvalue weighted by Gasteiger charge is 2.57. The molecule has 63 heavy (non-hydrogen) atoms. The van der Waals surface area contributed by atoms with E-state index in [1.165, 1.54) is 12.1 Å². The summed E-state index contributed by atoms with van der Waals surface area (Å²) in [7, 11) is 0. The van der Waals surface area contributed by atoms with Gasteiger partial charge in [0.15, 0.2) is 49.2 Å². The molecular weight excluding hydrogens is 854 g/mol. The lowest BCUT2D eigenvalue weighted by Gasteiger charge is -2.48. The monoisotopic (exact) mass is 901 g/mol. The van der Waals surface area contributed by atoms with E-state index in [0.717, 1.165) is 67.5 Å². The highest BCUT2D eigenvalue weighted by molar-refractivity contribution is 5.69. The van der Waals surface area contributed by atoms with Gasteiger partial charge in [0.1, 0.15) is 30.7 Å². The van der Waals surface area contributed by atoms with Crippen LogP contribution in [0.2, 0.25) is 0 Å². The number of nitro benzene ring substituents is 1. The molecule has 0 amide bonds. The van der Waals surface area contributed by atoms with E-state index in [1.54, 1.807) is 0 Å². The third kappa shape index (κ3) is 14.3. The summed E-state index contributed by atoms with van der Waals surface area (Å²) in [6.07, 6.45) is -20.9. The summed E-state index contributed by atoms with van der Waals surface area (Å²) in [6.45, 7) is 6.61. The summed E-state index contributed by atoms with van der Waals surface area (Å²) < 4.78 is 79.9. The van der Waals surface area contributed by atoms with Crippen molar-refractivity contribution in [3.63, 3.8) is 0 Å². The Hall–Kier alpha value is -6.02. The predicted molar refractivity (Wildman–Crippen MR) is 197 cm³/mol. The molecule has 1 aromatic rings. The van der Waals surface area contributed by atoms with Gasteiger partial charge in [-0.3, -0.25) is 48.5 Å². The number of hydrogen-bond acceptors (Lipinski definition) is 24. The molecular formula is C38H47NO24. The van der Waals surface area contributed by atoms with Crippen molar-refractivity contribution < 1.29 is 110 Å². The third-order valence-corrected chi connectivity index (χ3v) is 8.84. The first-order chi connectivity index (χ1) is 29.6. The summed E-state index contributed by atoms with van der Waals surface area (Å²) in [5.41, 5.74) is -0.286. The quantitative estimate of drug-likeness (QED) is 0.0930. The molecule has 4 rings (SSSR count). The Morgan fingerprint density at radius 3 is 1.40 bits per heavy atom. The first kappa shape index (κ1) is 49.6. The zero-order valence-corrected chi connectivity index (χ0v) is 35.2. The molecule has 0 saturated carbocycles. The average molecular weight is 902 g/mol. The molecule has 0 aromatic heterocycles. The van der Waals surface area contributed by atoms with Crippen LogP contribution in [0.15, 0.2) is 24.3 Å². The largest absolute Gasteiger partial charge is 0.463 e. The van der Waals surface area contributed by atoms with Gasteiger partial charge in [-0.1, -0.05) is 0 Å². The molecule has 3 saturated heterocycles. The normalized spacial score (nSPS) is 30.3. The maximum absolute atomic E-state index is 12.7. The zero-order valence-electron chi connectivity index (χ0n) is 35.2. The molecule has 3 heterocycles. The number of carbonyl (C=O) groups is 8. The first-order valence-corrected chi connectivity index (χ1v) is 19.1. The van der Waals surface area contributed by atoms with Crippen LogP contribution in [0.3, 0.4) is 0 Å². The Balaban J connectivity index is 1.74. The summed E-state index contributed by atoms with van der Waals surface area (Å²) >= 11 is 0. The van der Waals surface area contributed by atoms with Gasteiger partial charge in [0.25, 0.3) is 5.69 Å². The topological polar surface area (TPSA) is 309 Å². The Morgan fingerprint density at radius 1 is 0.524 bits per heavy atom. The van der Waals surface area contributed by atoms with Gasteiger partial charge in [-0.25, -0.2) is 0 Å². The molecule has 3 aliphatic rings. The van der Waals surface area contributed by atoms with E-state index in [9.17, 15) is 48.5 Å². The fraction of sp³-hybridized carbons (Fsp3) is 0.632. The molecule has 0 spiro atoms. The minimum atomic E-state index is -1.80. The Labute approximate surface area is 358 Å². The van der Waals surface area contributed by atoms with E-state index < -0.39 is 152 Å². The highest BCUT2D eigenvalue weighted by atomic mass is 16.8. The van der Waals surface area contributed by atoms with Crippen molar-refractivity contribution >= 4 is 53.4 Å². The van der Waals surface area contributed by atoms with Crippen molar-refractivity contribution in [3.8, 4) is 5.75 Å². The highest BCUT2D eigenvalue weighted by Crippen LogP contribution is 2.36. The molecule has 25 nitrogen and oxygen atoms in total. The molecule has 3 fully saturated rings. The molecule has 25 heteroatoms. The summed E-state index contributed by atoms with van der Waals surface area (Å²) in [5, 5.41) is 11.2. The minimum absolute atomic E-state index is 0.0327. The number of carbonyl (C=O) groups excluding carboxylic acids is 8. The Kier molecular flexibility index (Phi) is 17.6. The van der Waals surface area contributed by atoms with E-state index in [2.05, 4.69) is 0 Å². The fourth-order valence-corrected chi connectivity index (χ4v) is 6.68. The molecule has 0 unspecified atom stereocenters. The van der Waals surface area contributed by atoms with Crippen molar-refractivity contribution in [2.24, 2.45) is 0 Å². The molecule has 3 aliphatic heterocycles. The van der Waals surface area contributed by atoms with Crippen LogP contribution in [0.5, 0.6) is 5.75 Å². The van der Waals surface area contributed by atoms with Crippen molar-refractivity contribution in [2.45, 2.75) is 135 Å². The summed E-state index contributed by atoms with van der Waals surface area (Å²) in [4.78, 5) is 109. The number of nitro groups is 1. The number of non-ortho nitro benzene ring substituents is 1. The maximum atomic E-state index is 12.7. The van der Waals surface area contributed by atoms with E-state index >= 15 is 0 Å². The number of esters is 8. The van der Waals surface area contributed by atoms with Crippen molar-refractivity contribution in [1.29, 1.82) is 0 Å². The number of benzene rings is 1. The lowest BCUT2D eigenvalue weighted by Crippen LogP contribution is -2.66. The SMILES string of the molecule is CC(=O)OC[C@H]1O[C@@H](Oc2ccc([N+](=O)[O-])cc2)[C@H](OC(C)=O)[C@@H](OC(C)=O)[C@@H]1O[C@@H]1OC[C@@H](O[C@@H]2OC[C@@H](OC(C)=O)[C@H](OC(C)=O)[C@H]2OC(C)=O)[C@H](OC(C)=O)[C@H]1OC(C)=O. The van der Waals surface area contributed by atoms with E-state index in [-0.39, 0.29) is 11.4 Å². The third-order valence-electron chi connectivity index (χ3n) is 8.84. The Bertz CT molecular complexity index is 1850. The Morgan fingerprint density at radius 2 is 0.937 bits per heavy atom. The molecule has 348 valence electrons. The number of hydrogen-bond donors (Lipinski definition) is 0. The van der Waals surface area contributed by atoms with Gasteiger partial charge in [-0.2, -0.15) is 0 Å². The van der Waals surface area contributed by atoms with E-state index in [0.29, 0.717) is 0 Å². The fourth-order valence-electron chi connectivity index (χ4n) is 6.68. The number of ether oxygens (including phenoxy) is 14. The van der Waals surface area contributed by atoms with Gasteiger partial charge in [-0.15, -0.1) is 0 Å². The molecule has 0 aliphatic carbocycles. The zero-order chi connectivity index (χ0) is 46.7. The first-order valence-electron chi connectivity index (χ1n) is 19.1. The van der Waals surface area contributed by atoms with E-state index in [4.69, 9.17) is 66.3 Å². The lowest BCUT2D eigenvalue weighted by atomic mass is 9.97. The second-order valence-electron chi connectivity index (χ2n) is 14.0. The smallest absolute Gasteiger partial charge is 0.303 e. The van der Waals surface area contributed by atoms with Gasteiger partial charge >= 0.3 is 47.8 Å². The summed E-state index contributed by atoms with van der Waals surface area (Å²) in [6, 6.07) is 4.66. The molecule has 13 atom stereocenters. The number of nitrogens with zero attached hydrogens (tertiary/aromatic N) is 1. The van der Waals surface area contributed by atoms with Crippen LogP contribution < -0.4 is 4.74 Å². The second kappa shape index (κ2) is 22.4. The second-order valence-corrected chi connectivity index (χ2v) is 14.0. The van der Waals surface area contributed by atoms with Crippen LogP contribution in [0.25, 0.3) is 0 Å². The van der Waals surface area contributed by atoms with Crippen molar-refractivity contribution in [3.05, 3.63) is 34.4 Å².